The van der Waals surface area contributed by atoms with Gasteiger partial charge in [0.15, 0.2) is 0 Å². The number of aliphatic hydroxyl groups excluding tert-OH is 1. The molecule has 1 N–H and O–H groups in total. The summed E-state index contributed by atoms with van der Waals surface area (Å²) in [5.41, 5.74) is 0.643. The van der Waals surface area contributed by atoms with Gasteiger partial charge >= 0.3 is 0 Å². The maximum Gasteiger partial charge on any atom is 0.269 e. The molecule has 1 aromatic rings. The van der Waals surface area contributed by atoms with Crippen molar-refractivity contribution in [3.8, 4) is 0 Å². The highest BCUT2D eigenvalue weighted by Gasteiger charge is 2.27. The summed E-state index contributed by atoms with van der Waals surface area (Å²) in [6.07, 6.45) is 2.80. The van der Waals surface area contributed by atoms with E-state index < -0.39 is 11.0 Å². The summed E-state index contributed by atoms with van der Waals surface area (Å²) >= 11 is 0. The minimum absolute atomic E-state index is 0.0278. The molecule has 138 valence electrons. The van der Waals surface area contributed by atoms with Crippen LogP contribution in [0.15, 0.2) is 24.3 Å². The summed E-state index contributed by atoms with van der Waals surface area (Å²) in [6, 6.07) is 6.76. The van der Waals surface area contributed by atoms with E-state index in [1.165, 1.54) is 18.6 Å². The van der Waals surface area contributed by atoms with Gasteiger partial charge in [-0.25, -0.2) is 0 Å². The van der Waals surface area contributed by atoms with Gasteiger partial charge in [-0.2, -0.15) is 0 Å². The number of nitrogens with zero attached hydrogens (tertiary/aromatic N) is 3. The van der Waals surface area contributed by atoms with E-state index in [9.17, 15) is 15.2 Å². The summed E-state index contributed by atoms with van der Waals surface area (Å²) in [6.45, 7) is 6.03. The smallest absolute Gasteiger partial charge is 0.269 e. The van der Waals surface area contributed by atoms with Crippen molar-refractivity contribution < 1.29 is 14.8 Å². The van der Waals surface area contributed by atoms with Crippen LogP contribution in [0.5, 0.6) is 0 Å². The van der Waals surface area contributed by atoms with Crippen LogP contribution < -0.4 is 0 Å². The van der Waals surface area contributed by atoms with Crippen molar-refractivity contribution in [2.45, 2.75) is 31.4 Å². The lowest BCUT2D eigenvalue weighted by Crippen LogP contribution is -2.50. The second-order valence-electron chi connectivity index (χ2n) is 6.93. The molecule has 3 rings (SSSR count). The minimum atomic E-state index is -0.704. The Bertz CT molecular complexity index is 577. The number of rotatable bonds is 6. The van der Waals surface area contributed by atoms with Crippen LogP contribution in [0.3, 0.4) is 0 Å². The average molecular weight is 349 g/mol. The Hall–Kier alpha value is -1.54. The maximum atomic E-state index is 10.9. The summed E-state index contributed by atoms with van der Waals surface area (Å²) in [4.78, 5) is 15.3. The molecule has 25 heavy (non-hydrogen) atoms. The first-order valence-corrected chi connectivity index (χ1v) is 9.10. The molecule has 7 heteroatoms. The number of hydrogen-bond donors (Lipinski definition) is 1. The fraction of sp³-hybridized carbons (Fsp3) is 0.667. The van der Waals surface area contributed by atoms with Crippen LogP contribution in [0.4, 0.5) is 5.69 Å². The van der Waals surface area contributed by atoms with Crippen molar-refractivity contribution in [2.24, 2.45) is 0 Å². The highest BCUT2D eigenvalue weighted by Crippen LogP contribution is 2.24. The molecule has 2 heterocycles. The van der Waals surface area contributed by atoms with E-state index in [0.29, 0.717) is 18.2 Å². The van der Waals surface area contributed by atoms with E-state index in [-0.39, 0.29) is 5.69 Å². The lowest BCUT2D eigenvalue weighted by molar-refractivity contribution is -0.385. The molecule has 0 saturated carbocycles. The molecule has 2 unspecified atom stereocenters. The molecule has 2 saturated heterocycles. The number of morpholine rings is 1. The summed E-state index contributed by atoms with van der Waals surface area (Å²) in [5, 5.41) is 21.5. The highest BCUT2D eigenvalue weighted by atomic mass is 16.6. The zero-order valence-electron chi connectivity index (χ0n) is 14.5. The number of likely N-dealkylation sites (tertiary alicyclic amines) is 1. The van der Waals surface area contributed by atoms with Crippen molar-refractivity contribution in [2.75, 3.05) is 45.9 Å². The normalized spacial score (nSPS) is 24.1. The van der Waals surface area contributed by atoms with Gasteiger partial charge in [-0.3, -0.25) is 19.9 Å². The second-order valence-corrected chi connectivity index (χ2v) is 6.93. The van der Waals surface area contributed by atoms with E-state index in [0.717, 1.165) is 52.2 Å². The predicted molar refractivity (Wildman–Crippen MR) is 94.5 cm³/mol. The molecular formula is C18H27N3O4. The number of benzene rings is 1. The van der Waals surface area contributed by atoms with Crippen LogP contribution >= 0.6 is 0 Å². The van der Waals surface area contributed by atoms with Gasteiger partial charge < -0.3 is 9.84 Å². The first-order chi connectivity index (χ1) is 12.1. The van der Waals surface area contributed by atoms with Gasteiger partial charge in [-0.15, -0.1) is 0 Å². The van der Waals surface area contributed by atoms with Gasteiger partial charge in [0, 0.05) is 44.4 Å². The van der Waals surface area contributed by atoms with Crippen LogP contribution in [-0.2, 0) is 4.74 Å². The SMILES string of the molecule is O=[N+]([O-])c1cccc(C(O)CN2CCCCC2CN2CCOCC2)c1. The van der Waals surface area contributed by atoms with Crippen molar-refractivity contribution in [1.82, 2.24) is 9.80 Å². The van der Waals surface area contributed by atoms with Crippen molar-refractivity contribution in [1.29, 1.82) is 0 Å². The molecule has 2 atom stereocenters. The van der Waals surface area contributed by atoms with Crippen molar-refractivity contribution >= 4 is 5.69 Å². The number of β-amino-alcohol motifs (C(OH)–C–C–N with tert-alkyl or cyclic N) is 1. The summed E-state index contributed by atoms with van der Waals surface area (Å²) in [5.74, 6) is 0. The lowest BCUT2D eigenvalue weighted by atomic mass is 9.99. The quantitative estimate of drug-likeness (QED) is 0.623. The zero-order valence-corrected chi connectivity index (χ0v) is 14.5. The number of non-ortho nitro benzene ring substituents is 1. The molecule has 2 aliphatic rings. The summed E-state index contributed by atoms with van der Waals surface area (Å²) in [7, 11) is 0. The number of hydrogen-bond acceptors (Lipinski definition) is 6. The van der Waals surface area contributed by atoms with Crippen LogP contribution in [0.25, 0.3) is 0 Å². The molecule has 2 fully saturated rings. The average Bonchev–Trinajstić information content (AvgIpc) is 2.64. The Balaban J connectivity index is 1.62. The Morgan fingerprint density at radius 1 is 1.28 bits per heavy atom. The summed E-state index contributed by atoms with van der Waals surface area (Å²) < 4.78 is 5.42. The number of nitro benzene ring substituents is 1. The van der Waals surface area contributed by atoms with Crippen molar-refractivity contribution in [3.05, 3.63) is 39.9 Å². The highest BCUT2D eigenvalue weighted by molar-refractivity contribution is 5.35. The van der Waals surface area contributed by atoms with Crippen LogP contribution in [0.1, 0.15) is 30.9 Å². The first-order valence-electron chi connectivity index (χ1n) is 9.10. The number of piperidine rings is 1. The topological polar surface area (TPSA) is 79.1 Å². The van der Waals surface area contributed by atoms with Gasteiger partial charge in [0.05, 0.1) is 24.2 Å². The third kappa shape index (κ3) is 4.98. The molecule has 0 bridgehead atoms. The Kier molecular flexibility index (Phi) is 6.36. The molecular weight excluding hydrogens is 322 g/mol. The van der Waals surface area contributed by atoms with E-state index >= 15 is 0 Å². The fourth-order valence-corrected chi connectivity index (χ4v) is 3.76. The lowest BCUT2D eigenvalue weighted by Gasteiger charge is -2.40. The fourth-order valence-electron chi connectivity index (χ4n) is 3.76. The van der Waals surface area contributed by atoms with Gasteiger partial charge in [-0.05, 0) is 24.9 Å². The molecule has 2 aliphatic heterocycles. The number of aliphatic hydroxyl groups is 1. The van der Waals surface area contributed by atoms with Gasteiger partial charge in [0.25, 0.3) is 5.69 Å². The van der Waals surface area contributed by atoms with E-state index in [1.807, 2.05) is 0 Å². The first kappa shape index (κ1) is 18.3. The molecule has 7 nitrogen and oxygen atoms in total. The molecule has 0 amide bonds. The Morgan fingerprint density at radius 2 is 2.08 bits per heavy atom. The minimum Gasteiger partial charge on any atom is -0.387 e. The van der Waals surface area contributed by atoms with Crippen LogP contribution in [0.2, 0.25) is 0 Å². The Morgan fingerprint density at radius 3 is 2.84 bits per heavy atom. The third-order valence-electron chi connectivity index (χ3n) is 5.19. The van der Waals surface area contributed by atoms with E-state index in [2.05, 4.69) is 9.80 Å². The standard InChI is InChI=1S/C18H27N3O4/c22-18(15-4-3-6-16(12-15)21(23)24)14-20-7-2-1-5-17(20)13-19-8-10-25-11-9-19/h3-4,6,12,17-18,22H,1-2,5,7-11,13-14H2. The number of nitro groups is 1. The van der Waals surface area contributed by atoms with Crippen molar-refractivity contribution in [3.63, 3.8) is 0 Å². The van der Waals surface area contributed by atoms with Crippen LogP contribution in [0, 0.1) is 10.1 Å². The predicted octanol–water partition coefficient (Wildman–Crippen LogP) is 1.81. The largest absolute Gasteiger partial charge is 0.387 e. The zero-order chi connectivity index (χ0) is 17.6. The Labute approximate surface area is 148 Å². The molecule has 0 aromatic heterocycles. The van der Waals surface area contributed by atoms with E-state index in [4.69, 9.17) is 4.74 Å². The number of ether oxygens (including phenoxy) is 1. The molecule has 0 spiro atoms. The molecule has 0 aliphatic carbocycles. The van der Waals surface area contributed by atoms with Crippen LogP contribution in [-0.4, -0.2) is 71.8 Å². The molecule has 0 radical (unpaired) electrons. The second kappa shape index (κ2) is 8.71. The molecule has 1 aromatic carbocycles. The van der Waals surface area contributed by atoms with E-state index in [1.54, 1.807) is 12.1 Å². The maximum absolute atomic E-state index is 10.9. The van der Waals surface area contributed by atoms with Gasteiger partial charge in [0.1, 0.15) is 0 Å². The van der Waals surface area contributed by atoms with Gasteiger partial charge in [0.2, 0.25) is 0 Å². The monoisotopic (exact) mass is 349 g/mol. The van der Waals surface area contributed by atoms with Gasteiger partial charge in [-0.1, -0.05) is 18.6 Å². The third-order valence-corrected chi connectivity index (χ3v) is 5.19.